The van der Waals surface area contributed by atoms with Gasteiger partial charge in [0.15, 0.2) is 0 Å². The third-order valence-corrected chi connectivity index (χ3v) is 3.85. The van der Waals surface area contributed by atoms with Crippen molar-refractivity contribution in [1.29, 1.82) is 0 Å². The molecule has 19 heavy (non-hydrogen) atoms. The number of likely N-dealkylation sites (tertiary alicyclic amines) is 1. The summed E-state index contributed by atoms with van der Waals surface area (Å²) < 4.78 is 0. The summed E-state index contributed by atoms with van der Waals surface area (Å²) in [6.45, 7) is 10.4. The van der Waals surface area contributed by atoms with Crippen LogP contribution in [0.5, 0.6) is 0 Å². The molecule has 0 amide bonds. The number of hydrogen-bond acceptors (Lipinski definition) is 3. The molecule has 0 aliphatic carbocycles. The summed E-state index contributed by atoms with van der Waals surface area (Å²) in [6.07, 6.45) is 6.43. The van der Waals surface area contributed by atoms with Crippen LogP contribution in [0.25, 0.3) is 0 Å². The molecule has 0 bridgehead atoms. The molecule has 0 spiro atoms. The third-order valence-electron chi connectivity index (χ3n) is 3.85. The van der Waals surface area contributed by atoms with Crippen molar-refractivity contribution in [2.45, 2.75) is 33.2 Å². The van der Waals surface area contributed by atoms with Crippen LogP contribution in [0.1, 0.15) is 32.3 Å². The van der Waals surface area contributed by atoms with Gasteiger partial charge in [0.2, 0.25) is 0 Å². The quantitative estimate of drug-likeness (QED) is 0.853. The molecule has 2 heterocycles. The van der Waals surface area contributed by atoms with Gasteiger partial charge in [-0.2, -0.15) is 0 Å². The fourth-order valence-corrected chi connectivity index (χ4v) is 2.67. The molecule has 1 aromatic heterocycles. The lowest BCUT2D eigenvalue weighted by Gasteiger charge is -2.32. The average molecular weight is 261 g/mol. The van der Waals surface area contributed by atoms with E-state index in [0.29, 0.717) is 0 Å². The Labute approximate surface area is 117 Å². The van der Waals surface area contributed by atoms with Crippen molar-refractivity contribution in [2.75, 3.05) is 26.2 Å². The lowest BCUT2D eigenvalue weighted by molar-refractivity contribution is 0.175. The summed E-state index contributed by atoms with van der Waals surface area (Å²) in [5.41, 5.74) is 1.38. The molecule has 0 aromatic carbocycles. The smallest absolute Gasteiger partial charge is 0.0271 e. The Kier molecular flexibility index (Phi) is 5.80. The number of rotatable bonds is 6. The van der Waals surface area contributed by atoms with Crippen LogP contribution >= 0.6 is 0 Å². The summed E-state index contributed by atoms with van der Waals surface area (Å²) in [6, 6.07) is 4.24. The third kappa shape index (κ3) is 5.29. The van der Waals surface area contributed by atoms with E-state index in [2.05, 4.69) is 41.2 Å². The highest BCUT2D eigenvalue weighted by Crippen LogP contribution is 2.18. The predicted octanol–water partition coefficient (Wildman–Crippen LogP) is 2.54. The number of piperidine rings is 1. The maximum absolute atomic E-state index is 4.07. The van der Waals surface area contributed by atoms with E-state index in [1.54, 1.807) is 0 Å². The van der Waals surface area contributed by atoms with Gasteiger partial charge >= 0.3 is 0 Å². The van der Waals surface area contributed by atoms with E-state index in [9.17, 15) is 0 Å². The lowest BCUT2D eigenvalue weighted by atomic mass is 9.96. The van der Waals surface area contributed by atoms with Crippen LogP contribution in [-0.2, 0) is 6.54 Å². The van der Waals surface area contributed by atoms with Gasteiger partial charge in [-0.25, -0.2) is 0 Å². The van der Waals surface area contributed by atoms with Crippen molar-refractivity contribution < 1.29 is 0 Å². The molecule has 1 aromatic rings. The molecule has 1 saturated heterocycles. The first-order valence-corrected chi connectivity index (χ1v) is 7.56. The Morgan fingerprint density at radius 3 is 2.58 bits per heavy atom. The van der Waals surface area contributed by atoms with Gasteiger partial charge in [0.05, 0.1) is 0 Å². The van der Waals surface area contributed by atoms with Crippen molar-refractivity contribution >= 4 is 0 Å². The Balaban J connectivity index is 1.65. The van der Waals surface area contributed by atoms with E-state index >= 15 is 0 Å². The van der Waals surface area contributed by atoms with Crippen LogP contribution in [0.3, 0.4) is 0 Å². The lowest BCUT2D eigenvalue weighted by Crippen LogP contribution is -2.37. The predicted molar refractivity (Wildman–Crippen MR) is 79.9 cm³/mol. The minimum atomic E-state index is 0.756. The monoisotopic (exact) mass is 261 g/mol. The molecule has 1 N–H and O–H groups in total. The molecular weight excluding hydrogens is 234 g/mol. The highest BCUT2D eigenvalue weighted by Gasteiger charge is 2.18. The SMILES string of the molecule is CC(C)CNCC1CCN(Cc2ccncc2)CC1. The topological polar surface area (TPSA) is 28.2 Å². The van der Waals surface area contributed by atoms with Crippen molar-refractivity contribution in [2.24, 2.45) is 11.8 Å². The highest BCUT2D eigenvalue weighted by molar-refractivity contribution is 5.09. The summed E-state index contributed by atoms with van der Waals surface area (Å²) in [4.78, 5) is 6.64. The van der Waals surface area contributed by atoms with E-state index in [-0.39, 0.29) is 0 Å². The average Bonchev–Trinajstić information content (AvgIpc) is 2.42. The molecular formula is C16H27N3. The molecule has 3 nitrogen and oxygen atoms in total. The molecule has 1 aliphatic heterocycles. The van der Waals surface area contributed by atoms with Gasteiger partial charge < -0.3 is 5.32 Å². The number of aromatic nitrogens is 1. The van der Waals surface area contributed by atoms with Crippen molar-refractivity contribution in [3.63, 3.8) is 0 Å². The Hall–Kier alpha value is -0.930. The largest absolute Gasteiger partial charge is 0.316 e. The van der Waals surface area contributed by atoms with Crippen molar-refractivity contribution in [1.82, 2.24) is 15.2 Å². The standard InChI is InChI=1S/C16H27N3/c1-14(2)11-18-12-15-5-9-19(10-6-15)13-16-3-7-17-8-4-16/h3-4,7-8,14-15,18H,5-6,9-13H2,1-2H3. The molecule has 0 radical (unpaired) electrons. The highest BCUT2D eigenvalue weighted by atomic mass is 15.1. The van der Waals surface area contributed by atoms with Gasteiger partial charge in [-0.05, 0) is 68.6 Å². The minimum absolute atomic E-state index is 0.756. The van der Waals surface area contributed by atoms with Gasteiger partial charge in [-0.1, -0.05) is 13.8 Å². The molecule has 3 heteroatoms. The van der Waals surface area contributed by atoms with Crippen molar-refractivity contribution in [3.8, 4) is 0 Å². The molecule has 0 atom stereocenters. The number of nitrogens with zero attached hydrogens (tertiary/aromatic N) is 2. The van der Waals surface area contributed by atoms with Gasteiger partial charge in [0.1, 0.15) is 0 Å². The zero-order valence-corrected chi connectivity index (χ0v) is 12.3. The maximum Gasteiger partial charge on any atom is 0.0271 e. The second-order valence-electron chi connectivity index (χ2n) is 6.13. The maximum atomic E-state index is 4.07. The van der Waals surface area contributed by atoms with Crippen LogP contribution in [0, 0.1) is 11.8 Å². The summed E-state index contributed by atoms with van der Waals surface area (Å²) in [5.74, 6) is 1.62. The first kappa shape index (κ1) is 14.5. The number of nitrogens with one attached hydrogen (secondary N) is 1. The Morgan fingerprint density at radius 1 is 1.26 bits per heavy atom. The second-order valence-corrected chi connectivity index (χ2v) is 6.13. The zero-order chi connectivity index (χ0) is 13.5. The van der Waals surface area contributed by atoms with Crippen LogP contribution in [-0.4, -0.2) is 36.1 Å². The van der Waals surface area contributed by atoms with E-state index < -0.39 is 0 Å². The van der Waals surface area contributed by atoms with Crippen LogP contribution < -0.4 is 5.32 Å². The molecule has 0 unspecified atom stereocenters. The van der Waals surface area contributed by atoms with Gasteiger partial charge in [0, 0.05) is 18.9 Å². The second kappa shape index (κ2) is 7.61. The molecule has 2 rings (SSSR count). The normalized spacial score (nSPS) is 18.1. The number of hydrogen-bond donors (Lipinski definition) is 1. The molecule has 1 fully saturated rings. The van der Waals surface area contributed by atoms with E-state index in [4.69, 9.17) is 0 Å². The first-order valence-electron chi connectivity index (χ1n) is 7.56. The van der Waals surface area contributed by atoms with Crippen LogP contribution in [0.4, 0.5) is 0 Å². The Bertz CT molecular complexity index is 342. The molecule has 1 aliphatic rings. The molecule has 106 valence electrons. The molecule has 0 saturated carbocycles. The summed E-state index contributed by atoms with van der Waals surface area (Å²) in [7, 11) is 0. The Morgan fingerprint density at radius 2 is 1.95 bits per heavy atom. The van der Waals surface area contributed by atoms with Gasteiger partial charge in [0.25, 0.3) is 0 Å². The zero-order valence-electron chi connectivity index (χ0n) is 12.3. The van der Waals surface area contributed by atoms with Crippen molar-refractivity contribution in [3.05, 3.63) is 30.1 Å². The van der Waals surface area contributed by atoms with Crippen LogP contribution in [0.15, 0.2) is 24.5 Å². The van der Waals surface area contributed by atoms with Gasteiger partial charge in [-0.3, -0.25) is 9.88 Å². The van der Waals surface area contributed by atoms with E-state index in [1.165, 1.54) is 38.0 Å². The van der Waals surface area contributed by atoms with Gasteiger partial charge in [-0.15, -0.1) is 0 Å². The summed E-state index contributed by atoms with van der Waals surface area (Å²) >= 11 is 0. The van der Waals surface area contributed by atoms with Crippen LogP contribution in [0.2, 0.25) is 0 Å². The summed E-state index contributed by atoms with van der Waals surface area (Å²) in [5, 5.41) is 3.59. The fourth-order valence-electron chi connectivity index (χ4n) is 2.67. The van der Waals surface area contributed by atoms with E-state index in [1.807, 2.05) is 12.4 Å². The van der Waals surface area contributed by atoms with E-state index in [0.717, 1.165) is 24.9 Å². The fraction of sp³-hybridized carbons (Fsp3) is 0.688. The first-order chi connectivity index (χ1) is 9.24. The number of pyridine rings is 1. The minimum Gasteiger partial charge on any atom is -0.316 e.